The number of nitrogens with zero attached hydrogens (tertiary/aromatic N) is 2. The largest absolute Gasteiger partial charge is 0.496 e. The molecule has 0 bridgehead atoms. The molecule has 0 unspecified atom stereocenters. The van der Waals surface area contributed by atoms with E-state index in [1.165, 1.54) is 7.11 Å². The van der Waals surface area contributed by atoms with Crippen LogP contribution < -0.4 is 4.74 Å². The van der Waals surface area contributed by atoms with Gasteiger partial charge in [0.2, 0.25) is 5.89 Å². The average molecular weight is 457 g/mol. The van der Waals surface area contributed by atoms with Crippen LogP contribution in [-0.2, 0) is 22.4 Å². The highest BCUT2D eigenvalue weighted by molar-refractivity contribution is 5.74. The molecule has 2 aromatic heterocycles. The van der Waals surface area contributed by atoms with Gasteiger partial charge in [0.25, 0.3) is 0 Å². The van der Waals surface area contributed by atoms with Gasteiger partial charge in [0, 0.05) is 36.4 Å². The Morgan fingerprint density at radius 1 is 1.09 bits per heavy atom. The summed E-state index contributed by atoms with van der Waals surface area (Å²) in [7, 11) is 3.06. The molecule has 0 aliphatic heterocycles. The zero-order chi connectivity index (χ0) is 23.9. The van der Waals surface area contributed by atoms with E-state index in [1.54, 1.807) is 7.11 Å². The molecule has 0 spiro atoms. The number of rotatable bonds is 9. The molecule has 0 saturated heterocycles. The molecular weight excluding hydrogens is 428 g/mol. The molecule has 34 heavy (non-hydrogen) atoms. The van der Waals surface area contributed by atoms with Gasteiger partial charge >= 0.3 is 5.97 Å². The van der Waals surface area contributed by atoms with Crippen LogP contribution in [0.5, 0.6) is 5.75 Å². The lowest BCUT2D eigenvalue weighted by Crippen LogP contribution is -2.22. The van der Waals surface area contributed by atoms with Gasteiger partial charge in [-0.2, -0.15) is 0 Å². The smallest absolute Gasteiger partial charge is 0.329 e. The van der Waals surface area contributed by atoms with Gasteiger partial charge in [0.1, 0.15) is 17.6 Å². The molecule has 6 heteroatoms. The third-order valence-corrected chi connectivity index (χ3v) is 5.71. The molecule has 0 aliphatic carbocycles. The summed E-state index contributed by atoms with van der Waals surface area (Å²) in [6, 6.07) is 19.2. The lowest BCUT2D eigenvalue weighted by atomic mass is 10.0. The molecule has 6 nitrogen and oxygen atoms in total. The molecule has 2 heterocycles. The van der Waals surface area contributed by atoms with Crippen molar-refractivity contribution in [1.29, 1.82) is 0 Å². The number of oxazole rings is 1. The topological polar surface area (TPSA) is 66.5 Å². The number of esters is 1. The Labute approximate surface area is 199 Å². The summed E-state index contributed by atoms with van der Waals surface area (Å²) in [4.78, 5) is 17.0. The molecule has 174 valence electrons. The van der Waals surface area contributed by atoms with Gasteiger partial charge in [-0.05, 0) is 42.8 Å². The Kier molecular flexibility index (Phi) is 7.28. The van der Waals surface area contributed by atoms with Crippen LogP contribution >= 0.6 is 0 Å². The molecule has 0 fully saturated rings. The van der Waals surface area contributed by atoms with Crippen LogP contribution in [0.3, 0.4) is 0 Å². The maximum atomic E-state index is 12.3. The Morgan fingerprint density at radius 3 is 2.56 bits per heavy atom. The maximum absolute atomic E-state index is 12.3. The van der Waals surface area contributed by atoms with Crippen LogP contribution in [0.25, 0.3) is 17.5 Å². The minimum Gasteiger partial charge on any atom is -0.496 e. The van der Waals surface area contributed by atoms with Gasteiger partial charge in [0.15, 0.2) is 0 Å². The highest BCUT2D eigenvalue weighted by atomic mass is 16.5. The Hall–Kier alpha value is -4.06. The minimum atomic E-state index is -0.431. The second-order valence-electron chi connectivity index (χ2n) is 7.94. The summed E-state index contributed by atoms with van der Waals surface area (Å²) in [5, 5.41) is 0. The number of methoxy groups -OCH3 is 2. The summed E-state index contributed by atoms with van der Waals surface area (Å²) in [5.41, 5.74) is 3.80. The zero-order valence-corrected chi connectivity index (χ0v) is 19.6. The van der Waals surface area contributed by atoms with Crippen molar-refractivity contribution in [1.82, 2.24) is 9.55 Å². The lowest BCUT2D eigenvalue weighted by molar-refractivity contribution is -0.144. The zero-order valence-electron chi connectivity index (χ0n) is 19.6. The van der Waals surface area contributed by atoms with E-state index >= 15 is 0 Å². The second-order valence-corrected chi connectivity index (χ2v) is 7.94. The summed E-state index contributed by atoms with van der Waals surface area (Å²) in [6.07, 6.45) is 8.94. The summed E-state index contributed by atoms with van der Waals surface area (Å²) in [5.74, 6) is 1.90. The van der Waals surface area contributed by atoms with Crippen LogP contribution in [0, 0.1) is 6.92 Å². The number of aromatic nitrogens is 2. The van der Waals surface area contributed by atoms with Crippen LogP contribution in [-0.4, -0.2) is 29.7 Å². The molecule has 2 aromatic carbocycles. The lowest BCUT2D eigenvalue weighted by Gasteiger charge is -2.17. The number of ether oxygens (including phenoxy) is 2. The molecule has 0 N–H and O–H groups in total. The molecule has 4 rings (SSSR count). The first-order valence-corrected chi connectivity index (χ1v) is 11.1. The van der Waals surface area contributed by atoms with Gasteiger partial charge in [-0.3, -0.25) is 0 Å². The van der Waals surface area contributed by atoms with E-state index in [4.69, 9.17) is 13.9 Å². The van der Waals surface area contributed by atoms with E-state index in [0.717, 1.165) is 33.9 Å². The van der Waals surface area contributed by atoms with Gasteiger partial charge < -0.3 is 18.5 Å². The predicted molar refractivity (Wildman–Crippen MR) is 132 cm³/mol. The van der Waals surface area contributed by atoms with E-state index in [2.05, 4.69) is 4.98 Å². The van der Waals surface area contributed by atoms with Crippen molar-refractivity contribution in [2.24, 2.45) is 0 Å². The quantitative estimate of drug-likeness (QED) is 0.304. The molecule has 0 radical (unpaired) electrons. The fraction of sp³-hybridized carbons (Fsp3) is 0.214. The molecule has 0 aliphatic rings. The number of benzene rings is 2. The van der Waals surface area contributed by atoms with Crippen molar-refractivity contribution in [2.45, 2.75) is 25.8 Å². The summed E-state index contributed by atoms with van der Waals surface area (Å²) < 4.78 is 18.3. The Morgan fingerprint density at radius 2 is 1.85 bits per heavy atom. The first-order valence-electron chi connectivity index (χ1n) is 11.1. The molecular formula is C28H28N2O4. The summed E-state index contributed by atoms with van der Waals surface area (Å²) >= 11 is 0. The van der Waals surface area contributed by atoms with Crippen molar-refractivity contribution in [2.75, 3.05) is 14.2 Å². The van der Waals surface area contributed by atoms with Crippen LogP contribution in [0.4, 0.5) is 0 Å². The van der Waals surface area contributed by atoms with E-state index in [9.17, 15) is 4.79 Å². The van der Waals surface area contributed by atoms with E-state index in [1.807, 2.05) is 96.7 Å². The molecule has 4 aromatic rings. The minimum absolute atomic E-state index is 0.281. The van der Waals surface area contributed by atoms with E-state index in [-0.39, 0.29) is 5.97 Å². The van der Waals surface area contributed by atoms with Crippen molar-refractivity contribution >= 4 is 12.0 Å². The van der Waals surface area contributed by atoms with Gasteiger partial charge in [0.05, 0.1) is 19.9 Å². The number of hydrogen-bond acceptors (Lipinski definition) is 5. The normalized spacial score (nSPS) is 12.1. The maximum Gasteiger partial charge on any atom is 0.329 e. The first-order chi connectivity index (χ1) is 16.6. The SMILES string of the molecule is COC(=O)[C@H](Cc1ccc(/C=C/Cc2nc(-c3ccccc3)oc2C)c(OC)c1)n1cccc1. The molecule has 0 amide bonds. The van der Waals surface area contributed by atoms with Crippen LogP contribution in [0.15, 0.2) is 83.6 Å². The molecule has 0 saturated carbocycles. The number of carbonyl (C=O) groups excluding carboxylic acids is 1. The van der Waals surface area contributed by atoms with Crippen LogP contribution in [0.2, 0.25) is 0 Å². The highest BCUT2D eigenvalue weighted by Gasteiger charge is 2.21. The monoisotopic (exact) mass is 456 g/mol. The number of allylic oxidation sites excluding steroid dienone is 1. The van der Waals surface area contributed by atoms with E-state index < -0.39 is 6.04 Å². The fourth-order valence-electron chi connectivity index (χ4n) is 3.86. The number of hydrogen-bond donors (Lipinski definition) is 0. The number of carbonyl (C=O) groups is 1. The Balaban J connectivity index is 1.48. The van der Waals surface area contributed by atoms with Gasteiger partial charge in [-0.15, -0.1) is 0 Å². The van der Waals surface area contributed by atoms with Crippen molar-refractivity contribution in [3.8, 4) is 17.2 Å². The standard InChI is InChI=1S/C28H28N2O4/c1-20-24(29-27(34-20)23-10-5-4-6-11-23)13-9-12-22-15-14-21(19-26(22)32-2)18-25(28(31)33-3)30-16-7-8-17-30/h4-12,14-17,19,25H,13,18H2,1-3H3/b12-9+/t25-/m0/s1. The fourth-order valence-corrected chi connectivity index (χ4v) is 3.86. The third-order valence-electron chi connectivity index (χ3n) is 5.71. The second kappa shape index (κ2) is 10.7. The van der Waals surface area contributed by atoms with Gasteiger partial charge in [-0.1, -0.05) is 42.5 Å². The van der Waals surface area contributed by atoms with Crippen LogP contribution in [0.1, 0.15) is 28.6 Å². The molecule has 1 atom stereocenters. The van der Waals surface area contributed by atoms with Crippen molar-refractivity contribution < 1.29 is 18.7 Å². The highest BCUT2D eigenvalue weighted by Crippen LogP contribution is 2.26. The van der Waals surface area contributed by atoms with Gasteiger partial charge in [-0.25, -0.2) is 9.78 Å². The average Bonchev–Trinajstić information content (AvgIpc) is 3.53. The van der Waals surface area contributed by atoms with Crippen molar-refractivity contribution in [3.63, 3.8) is 0 Å². The number of aryl methyl sites for hydroxylation is 1. The third kappa shape index (κ3) is 5.29. The predicted octanol–water partition coefficient (Wildman–Crippen LogP) is 5.67. The Bertz CT molecular complexity index is 1260. The van der Waals surface area contributed by atoms with Crippen molar-refractivity contribution in [3.05, 3.63) is 102 Å². The van der Waals surface area contributed by atoms with E-state index in [0.29, 0.717) is 18.7 Å². The summed E-state index contributed by atoms with van der Waals surface area (Å²) in [6.45, 7) is 1.93. The first kappa shape index (κ1) is 23.1.